The van der Waals surface area contributed by atoms with Crippen molar-refractivity contribution >= 4 is 46.3 Å². The van der Waals surface area contributed by atoms with Crippen molar-refractivity contribution in [1.29, 1.82) is 0 Å². The minimum absolute atomic E-state index is 0.232. The van der Waals surface area contributed by atoms with E-state index >= 15 is 0 Å². The van der Waals surface area contributed by atoms with Gasteiger partial charge in [0.05, 0.1) is 21.3 Å². The lowest BCUT2D eigenvalue weighted by atomic mass is 10.1. The van der Waals surface area contributed by atoms with Crippen molar-refractivity contribution in [2.24, 2.45) is 4.99 Å². The highest BCUT2D eigenvalue weighted by Crippen LogP contribution is 2.39. The van der Waals surface area contributed by atoms with Gasteiger partial charge < -0.3 is 19.2 Å². The number of nitrogens with zero attached hydrogens (tertiary/aromatic N) is 2. The topological polar surface area (TPSA) is 76.2 Å². The molecule has 0 bridgehead atoms. The number of aliphatic imine (C=N–C) groups is 1. The third kappa shape index (κ3) is 4.87. The van der Waals surface area contributed by atoms with Gasteiger partial charge in [-0.3, -0.25) is 4.79 Å². The number of aromatic nitrogens is 1. The molecule has 7 nitrogen and oxygen atoms in total. The molecule has 5 rings (SSSR count). The maximum atomic E-state index is 13.8. The smallest absolute Gasteiger partial charge is 0.283 e. The second kappa shape index (κ2) is 11.1. The minimum atomic E-state index is -0.232. The first-order valence-corrected chi connectivity index (χ1v) is 13.3. The number of methoxy groups -OCH3 is 3. The van der Waals surface area contributed by atoms with E-state index in [1.807, 2.05) is 48.2 Å². The van der Waals surface area contributed by atoms with Crippen molar-refractivity contribution in [2.75, 3.05) is 32.0 Å². The zero-order valence-electron chi connectivity index (χ0n) is 21.8. The summed E-state index contributed by atoms with van der Waals surface area (Å²) < 4.78 is 16.4. The predicted molar refractivity (Wildman–Crippen MR) is 154 cm³/mol. The Morgan fingerprint density at radius 3 is 2.34 bits per heavy atom. The van der Waals surface area contributed by atoms with E-state index in [0.29, 0.717) is 40.2 Å². The number of hydrogen-bond donors (Lipinski definition) is 1. The number of carbonyl (C=O) groups is 1. The van der Waals surface area contributed by atoms with Crippen LogP contribution in [0.4, 0.5) is 5.82 Å². The first-order valence-electron chi connectivity index (χ1n) is 12.3. The number of carbonyl (C=O) groups excluding carboxylic acids is 1. The van der Waals surface area contributed by atoms with Crippen molar-refractivity contribution in [3.8, 4) is 17.2 Å². The number of ether oxygens (including phenoxy) is 3. The molecule has 38 heavy (non-hydrogen) atoms. The number of amidine groups is 1. The Labute approximate surface area is 226 Å². The molecule has 0 unspecified atom stereocenters. The van der Waals surface area contributed by atoms with Gasteiger partial charge in [-0.25, -0.2) is 9.89 Å². The van der Waals surface area contributed by atoms with Crippen molar-refractivity contribution < 1.29 is 19.0 Å². The third-order valence-electron chi connectivity index (χ3n) is 6.17. The van der Waals surface area contributed by atoms with Gasteiger partial charge in [0, 0.05) is 21.4 Å². The summed E-state index contributed by atoms with van der Waals surface area (Å²) in [7, 11) is 4.67. The second-order valence-corrected chi connectivity index (χ2v) is 9.85. The van der Waals surface area contributed by atoms with Crippen LogP contribution in [0.1, 0.15) is 24.5 Å². The Morgan fingerprint density at radius 1 is 0.947 bits per heavy atom. The van der Waals surface area contributed by atoms with Gasteiger partial charge >= 0.3 is 0 Å². The number of H-pyrrole nitrogens is 1. The molecule has 0 spiro atoms. The number of thioether (sulfide) groups is 1. The summed E-state index contributed by atoms with van der Waals surface area (Å²) in [5.41, 5.74) is 2.81. The van der Waals surface area contributed by atoms with Gasteiger partial charge in [0.1, 0.15) is 17.4 Å². The average Bonchev–Trinajstić information content (AvgIpc) is 3.51. The van der Waals surface area contributed by atoms with E-state index in [1.165, 1.54) is 4.90 Å². The lowest BCUT2D eigenvalue weighted by Crippen LogP contribution is -2.32. The number of aromatic amines is 1. The van der Waals surface area contributed by atoms with E-state index in [1.54, 1.807) is 44.4 Å². The maximum absolute atomic E-state index is 13.8. The standard InChI is InChI=1S/C30H29N3O4S/c1-5-13-38-22-11-12-23-21(17-22)18-27(31-23)33-29(20-9-7-6-8-10-20)32-24(30(33)34)14-19-15-25(35-2)28(37-4)26(16-19)36-3/h6-12,14-18,31H,5,13H2,1-4H3. The van der Waals surface area contributed by atoms with Gasteiger partial charge in [0.2, 0.25) is 5.75 Å². The summed E-state index contributed by atoms with van der Waals surface area (Å²) in [4.78, 5) is 24.9. The monoisotopic (exact) mass is 527 g/mol. The fraction of sp³-hybridized carbons (Fsp3) is 0.200. The van der Waals surface area contributed by atoms with Crippen LogP contribution in [0, 0.1) is 0 Å². The van der Waals surface area contributed by atoms with Crippen molar-refractivity contribution in [2.45, 2.75) is 18.2 Å². The number of amides is 1. The fourth-order valence-electron chi connectivity index (χ4n) is 4.39. The van der Waals surface area contributed by atoms with E-state index in [-0.39, 0.29) is 5.91 Å². The van der Waals surface area contributed by atoms with Crippen molar-refractivity contribution in [1.82, 2.24) is 4.98 Å². The number of benzene rings is 3. The van der Waals surface area contributed by atoms with Crippen LogP contribution in [0.15, 0.2) is 82.3 Å². The quantitative estimate of drug-likeness (QED) is 0.198. The predicted octanol–water partition coefficient (Wildman–Crippen LogP) is 6.53. The SMILES string of the molecule is CCCSc1ccc2[nH]c(N3C(=O)C(=Cc4cc(OC)c(OC)c(OC)c4)N=C3c3ccccc3)cc2c1. The van der Waals surface area contributed by atoms with Gasteiger partial charge in [-0.2, -0.15) is 0 Å². The summed E-state index contributed by atoms with van der Waals surface area (Å²) in [5.74, 6) is 3.54. The Balaban J connectivity index is 1.59. The summed E-state index contributed by atoms with van der Waals surface area (Å²) in [6.07, 6.45) is 2.85. The van der Waals surface area contributed by atoms with Crippen LogP contribution in [0.3, 0.4) is 0 Å². The van der Waals surface area contributed by atoms with Crippen LogP contribution >= 0.6 is 11.8 Å². The van der Waals surface area contributed by atoms with E-state index in [9.17, 15) is 4.79 Å². The van der Waals surface area contributed by atoms with Crippen LogP contribution < -0.4 is 19.1 Å². The molecule has 8 heteroatoms. The molecule has 194 valence electrons. The van der Waals surface area contributed by atoms with Gasteiger partial charge in [-0.15, -0.1) is 11.8 Å². The molecule has 2 heterocycles. The zero-order valence-corrected chi connectivity index (χ0v) is 22.6. The normalized spacial score (nSPS) is 14.3. The van der Waals surface area contributed by atoms with E-state index in [4.69, 9.17) is 19.2 Å². The average molecular weight is 528 g/mol. The Morgan fingerprint density at radius 2 is 1.68 bits per heavy atom. The number of anilines is 1. The molecule has 0 saturated heterocycles. The molecule has 3 aromatic carbocycles. The van der Waals surface area contributed by atoms with Crippen LogP contribution in [0.2, 0.25) is 0 Å². The molecule has 1 aliphatic rings. The summed E-state index contributed by atoms with van der Waals surface area (Å²) >= 11 is 1.83. The Bertz CT molecular complexity index is 1520. The zero-order chi connectivity index (χ0) is 26.6. The molecular formula is C30H29N3O4S. The van der Waals surface area contributed by atoms with Crippen LogP contribution in [0.25, 0.3) is 17.0 Å². The molecule has 1 aromatic heterocycles. The molecule has 4 aromatic rings. The first-order chi connectivity index (χ1) is 18.6. The summed E-state index contributed by atoms with van der Waals surface area (Å²) in [5, 5.41) is 1.04. The van der Waals surface area contributed by atoms with Gasteiger partial charge in [0.25, 0.3) is 5.91 Å². The first kappa shape index (κ1) is 25.5. The molecule has 0 fully saturated rings. The largest absolute Gasteiger partial charge is 0.493 e. The number of nitrogens with one attached hydrogen (secondary N) is 1. The van der Waals surface area contributed by atoms with Crippen LogP contribution in [-0.4, -0.2) is 43.8 Å². The highest BCUT2D eigenvalue weighted by molar-refractivity contribution is 7.99. The van der Waals surface area contributed by atoms with E-state index in [2.05, 4.69) is 30.1 Å². The number of hydrogen-bond acceptors (Lipinski definition) is 6. The molecule has 0 atom stereocenters. The molecule has 0 radical (unpaired) electrons. The van der Waals surface area contributed by atoms with Gasteiger partial charge in [-0.1, -0.05) is 37.3 Å². The molecule has 1 aliphatic heterocycles. The van der Waals surface area contributed by atoms with Crippen LogP contribution in [-0.2, 0) is 4.79 Å². The van der Waals surface area contributed by atoms with Gasteiger partial charge in [0.15, 0.2) is 11.5 Å². The van der Waals surface area contributed by atoms with E-state index < -0.39 is 0 Å². The lowest BCUT2D eigenvalue weighted by molar-refractivity contribution is -0.113. The summed E-state index contributed by atoms with van der Waals surface area (Å²) in [6.45, 7) is 2.17. The van der Waals surface area contributed by atoms with Crippen molar-refractivity contribution in [3.63, 3.8) is 0 Å². The molecular weight excluding hydrogens is 498 g/mol. The summed E-state index contributed by atoms with van der Waals surface area (Å²) in [6, 6.07) is 21.6. The van der Waals surface area contributed by atoms with Crippen LogP contribution in [0.5, 0.6) is 17.2 Å². The lowest BCUT2D eigenvalue weighted by Gasteiger charge is -2.16. The Kier molecular flexibility index (Phi) is 7.42. The Hall–Kier alpha value is -4.17. The molecule has 1 N–H and O–H groups in total. The highest BCUT2D eigenvalue weighted by atomic mass is 32.2. The number of fused-ring (bicyclic) bond motifs is 1. The van der Waals surface area contributed by atoms with Crippen molar-refractivity contribution in [3.05, 3.63) is 83.6 Å². The third-order valence-corrected chi connectivity index (χ3v) is 7.37. The second-order valence-electron chi connectivity index (χ2n) is 8.68. The number of rotatable bonds is 9. The molecule has 1 amide bonds. The highest BCUT2D eigenvalue weighted by Gasteiger charge is 2.33. The minimum Gasteiger partial charge on any atom is -0.493 e. The molecule has 0 aliphatic carbocycles. The van der Waals surface area contributed by atoms with Gasteiger partial charge in [-0.05, 0) is 60.2 Å². The fourth-order valence-corrected chi connectivity index (χ4v) is 5.20. The maximum Gasteiger partial charge on any atom is 0.283 e. The molecule has 0 saturated carbocycles. The van der Waals surface area contributed by atoms with E-state index in [0.717, 1.165) is 28.6 Å².